The Hall–Kier alpha value is -0.570. The van der Waals surface area contributed by atoms with E-state index in [-0.39, 0.29) is 5.91 Å². The molecular formula is C10H20N2O. The van der Waals surface area contributed by atoms with Crippen LogP contribution in [-0.2, 0) is 4.79 Å². The molecule has 0 aliphatic carbocycles. The molecule has 0 bridgehead atoms. The summed E-state index contributed by atoms with van der Waals surface area (Å²) in [6.07, 6.45) is 3.64. The van der Waals surface area contributed by atoms with Crippen molar-refractivity contribution in [2.75, 3.05) is 19.6 Å². The molecular weight excluding hydrogens is 164 g/mol. The third-order valence-corrected chi connectivity index (χ3v) is 2.51. The summed E-state index contributed by atoms with van der Waals surface area (Å²) in [5.41, 5.74) is 0. The van der Waals surface area contributed by atoms with Crippen molar-refractivity contribution < 1.29 is 4.79 Å². The summed E-state index contributed by atoms with van der Waals surface area (Å²) in [5, 5.41) is 2.97. The van der Waals surface area contributed by atoms with Gasteiger partial charge < -0.3 is 10.2 Å². The lowest BCUT2D eigenvalue weighted by molar-refractivity contribution is -0.119. The minimum Gasteiger partial charge on any atom is -0.352 e. The van der Waals surface area contributed by atoms with Crippen molar-refractivity contribution >= 4 is 5.91 Å². The van der Waals surface area contributed by atoms with Gasteiger partial charge in [-0.15, -0.1) is 0 Å². The van der Waals surface area contributed by atoms with Crippen LogP contribution in [0.3, 0.4) is 0 Å². The molecule has 1 saturated heterocycles. The Kier molecular flexibility index (Phi) is 4.22. The summed E-state index contributed by atoms with van der Waals surface area (Å²) in [6.45, 7) is 7.17. The summed E-state index contributed by atoms with van der Waals surface area (Å²) in [5.74, 6) is 0.0994. The van der Waals surface area contributed by atoms with Crippen LogP contribution < -0.4 is 5.32 Å². The molecule has 1 heterocycles. The number of rotatable bonds is 4. The molecule has 0 unspecified atom stereocenters. The van der Waals surface area contributed by atoms with Gasteiger partial charge in [-0.2, -0.15) is 0 Å². The fraction of sp³-hybridized carbons (Fsp3) is 0.900. The molecule has 1 aliphatic heterocycles. The Morgan fingerprint density at radius 3 is 3.00 bits per heavy atom. The van der Waals surface area contributed by atoms with Gasteiger partial charge in [-0.1, -0.05) is 13.3 Å². The smallest absolute Gasteiger partial charge is 0.217 e. The Morgan fingerprint density at radius 1 is 1.62 bits per heavy atom. The molecule has 0 aromatic rings. The topological polar surface area (TPSA) is 32.3 Å². The van der Waals surface area contributed by atoms with E-state index in [2.05, 4.69) is 17.1 Å². The van der Waals surface area contributed by atoms with Crippen LogP contribution in [-0.4, -0.2) is 36.5 Å². The average molecular weight is 184 g/mol. The zero-order valence-corrected chi connectivity index (χ0v) is 8.68. The first-order chi connectivity index (χ1) is 6.22. The molecule has 76 valence electrons. The van der Waals surface area contributed by atoms with Crippen LogP contribution in [0.4, 0.5) is 0 Å². The molecule has 1 atom stereocenters. The largest absolute Gasteiger partial charge is 0.352 e. The van der Waals surface area contributed by atoms with Crippen LogP contribution >= 0.6 is 0 Å². The highest BCUT2D eigenvalue weighted by Gasteiger charge is 2.21. The number of nitrogens with zero attached hydrogens (tertiary/aromatic N) is 1. The van der Waals surface area contributed by atoms with E-state index in [4.69, 9.17) is 0 Å². The molecule has 3 heteroatoms. The van der Waals surface area contributed by atoms with Crippen molar-refractivity contribution in [1.29, 1.82) is 0 Å². The summed E-state index contributed by atoms with van der Waals surface area (Å²) in [6, 6.07) is 0.398. The van der Waals surface area contributed by atoms with Crippen molar-refractivity contribution in [2.24, 2.45) is 0 Å². The SMILES string of the molecule is CCCCN1CC[C@H](NC(C)=O)C1. The molecule has 1 N–H and O–H groups in total. The van der Waals surface area contributed by atoms with Gasteiger partial charge in [0.2, 0.25) is 5.91 Å². The molecule has 0 spiro atoms. The Labute approximate surface area is 80.5 Å². The van der Waals surface area contributed by atoms with Gasteiger partial charge in [0.15, 0.2) is 0 Å². The van der Waals surface area contributed by atoms with E-state index >= 15 is 0 Å². The molecule has 13 heavy (non-hydrogen) atoms. The second-order valence-electron chi connectivity index (χ2n) is 3.84. The molecule has 0 radical (unpaired) electrons. The van der Waals surface area contributed by atoms with Gasteiger partial charge in [0.25, 0.3) is 0 Å². The second-order valence-corrected chi connectivity index (χ2v) is 3.84. The van der Waals surface area contributed by atoms with Gasteiger partial charge in [0, 0.05) is 26.1 Å². The van der Waals surface area contributed by atoms with Crippen LogP contribution in [0, 0.1) is 0 Å². The standard InChI is InChI=1S/C10H20N2O/c1-3-4-6-12-7-5-10(8-12)11-9(2)13/h10H,3-8H2,1-2H3,(H,11,13)/t10-/m0/s1. The van der Waals surface area contributed by atoms with E-state index < -0.39 is 0 Å². The zero-order chi connectivity index (χ0) is 9.68. The monoisotopic (exact) mass is 184 g/mol. The Balaban J connectivity index is 2.16. The number of carbonyl (C=O) groups excluding carboxylic acids is 1. The lowest BCUT2D eigenvalue weighted by Gasteiger charge is -2.15. The van der Waals surface area contributed by atoms with Gasteiger partial charge >= 0.3 is 0 Å². The van der Waals surface area contributed by atoms with E-state index in [0.29, 0.717) is 6.04 Å². The number of likely N-dealkylation sites (tertiary alicyclic amines) is 1. The quantitative estimate of drug-likeness (QED) is 0.707. The number of amides is 1. The van der Waals surface area contributed by atoms with Gasteiger partial charge in [-0.05, 0) is 19.4 Å². The van der Waals surface area contributed by atoms with Crippen LogP contribution in [0.1, 0.15) is 33.1 Å². The number of hydrogen-bond acceptors (Lipinski definition) is 2. The van der Waals surface area contributed by atoms with Crippen LogP contribution in [0.15, 0.2) is 0 Å². The molecule has 0 aromatic heterocycles. The minimum absolute atomic E-state index is 0.0994. The van der Waals surface area contributed by atoms with Gasteiger partial charge in [0.1, 0.15) is 0 Å². The maximum Gasteiger partial charge on any atom is 0.217 e. The first-order valence-corrected chi connectivity index (χ1v) is 5.22. The van der Waals surface area contributed by atoms with Crippen molar-refractivity contribution in [1.82, 2.24) is 10.2 Å². The number of unbranched alkanes of at least 4 members (excludes halogenated alkanes) is 1. The molecule has 1 fully saturated rings. The Morgan fingerprint density at radius 2 is 2.38 bits per heavy atom. The average Bonchev–Trinajstić information content (AvgIpc) is 2.48. The van der Waals surface area contributed by atoms with Crippen LogP contribution in [0.2, 0.25) is 0 Å². The summed E-state index contributed by atoms with van der Waals surface area (Å²) < 4.78 is 0. The van der Waals surface area contributed by atoms with E-state index in [0.717, 1.165) is 19.5 Å². The second kappa shape index (κ2) is 5.22. The highest BCUT2D eigenvalue weighted by atomic mass is 16.1. The first-order valence-electron chi connectivity index (χ1n) is 5.22. The molecule has 0 aromatic carbocycles. The number of nitrogens with one attached hydrogen (secondary N) is 1. The van der Waals surface area contributed by atoms with Gasteiger partial charge in [-0.3, -0.25) is 4.79 Å². The first kappa shape index (κ1) is 10.5. The molecule has 1 rings (SSSR count). The van der Waals surface area contributed by atoms with E-state index in [9.17, 15) is 4.79 Å². The molecule has 1 aliphatic rings. The highest BCUT2D eigenvalue weighted by molar-refractivity contribution is 5.73. The third kappa shape index (κ3) is 3.77. The maximum atomic E-state index is 10.8. The third-order valence-electron chi connectivity index (χ3n) is 2.51. The minimum atomic E-state index is 0.0994. The predicted octanol–water partition coefficient (Wildman–Crippen LogP) is 0.997. The van der Waals surface area contributed by atoms with Gasteiger partial charge in [-0.25, -0.2) is 0 Å². The maximum absolute atomic E-state index is 10.8. The lowest BCUT2D eigenvalue weighted by Crippen LogP contribution is -2.35. The fourth-order valence-corrected chi connectivity index (χ4v) is 1.82. The van der Waals surface area contributed by atoms with E-state index in [1.807, 2.05) is 0 Å². The van der Waals surface area contributed by atoms with Crippen molar-refractivity contribution in [3.63, 3.8) is 0 Å². The van der Waals surface area contributed by atoms with E-state index in [1.54, 1.807) is 6.92 Å². The summed E-state index contributed by atoms with van der Waals surface area (Å²) in [7, 11) is 0. The van der Waals surface area contributed by atoms with Crippen molar-refractivity contribution in [2.45, 2.75) is 39.2 Å². The lowest BCUT2D eigenvalue weighted by atomic mass is 10.2. The zero-order valence-electron chi connectivity index (χ0n) is 8.68. The van der Waals surface area contributed by atoms with Crippen LogP contribution in [0.5, 0.6) is 0 Å². The molecule has 3 nitrogen and oxygen atoms in total. The van der Waals surface area contributed by atoms with E-state index in [1.165, 1.54) is 19.4 Å². The highest BCUT2D eigenvalue weighted by Crippen LogP contribution is 2.09. The van der Waals surface area contributed by atoms with Crippen molar-refractivity contribution in [3.8, 4) is 0 Å². The molecule has 1 amide bonds. The van der Waals surface area contributed by atoms with Crippen LogP contribution in [0.25, 0.3) is 0 Å². The van der Waals surface area contributed by atoms with Gasteiger partial charge in [0.05, 0.1) is 0 Å². The summed E-state index contributed by atoms with van der Waals surface area (Å²) in [4.78, 5) is 13.2. The molecule has 0 saturated carbocycles. The Bertz CT molecular complexity index is 170. The number of hydrogen-bond donors (Lipinski definition) is 1. The number of carbonyl (C=O) groups is 1. The summed E-state index contributed by atoms with van der Waals surface area (Å²) >= 11 is 0. The fourth-order valence-electron chi connectivity index (χ4n) is 1.82. The predicted molar refractivity (Wildman–Crippen MR) is 53.6 cm³/mol. The normalized spacial score (nSPS) is 23.4. The van der Waals surface area contributed by atoms with Crippen molar-refractivity contribution in [3.05, 3.63) is 0 Å².